The monoisotopic (exact) mass is 238 g/mol. The topological polar surface area (TPSA) is 24.4 Å². The summed E-state index contributed by atoms with van der Waals surface area (Å²) in [7, 11) is 0. The molecule has 1 aromatic carbocycles. The molecule has 2 nitrogen and oxygen atoms in total. The molecule has 0 radical (unpaired) electrons. The Balaban J connectivity index is 2.00. The third-order valence-corrected chi connectivity index (χ3v) is 3.47. The molecule has 86 valence electrons. The van der Waals surface area contributed by atoms with Crippen molar-refractivity contribution in [1.29, 1.82) is 0 Å². The predicted octanol–water partition coefficient (Wildman–Crippen LogP) is 2.80. The van der Waals surface area contributed by atoms with Crippen LogP contribution in [0.25, 0.3) is 0 Å². The molecule has 0 aliphatic carbocycles. The zero-order valence-corrected chi connectivity index (χ0v) is 10.1. The van der Waals surface area contributed by atoms with Crippen LogP contribution in [0.2, 0.25) is 0 Å². The van der Waals surface area contributed by atoms with Gasteiger partial charge in [-0.25, -0.2) is 4.39 Å². The smallest absolute Gasteiger partial charge is 0.157 e. The molecule has 0 saturated carbocycles. The molecule has 1 aliphatic heterocycles. The minimum atomic E-state index is -0.180. The van der Waals surface area contributed by atoms with E-state index in [9.17, 15) is 4.39 Å². The van der Waals surface area contributed by atoms with Crippen molar-refractivity contribution in [2.75, 3.05) is 5.75 Å². The van der Waals surface area contributed by atoms with Crippen LogP contribution < -0.4 is 5.32 Å². The normalized spacial score (nSPS) is 23.1. The van der Waals surface area contributed by atoms with Crippen LogP contribution in [0, 0.1) is 5.82 Å². The van der Waals surface area contributed by atoms with Gasteiger partial charge in [-0.1, -0.05) is 30.0 Å². The number of rotatable bonds is 2. The van der Waals surface area contributed by atoms with E-state index in [1.165, 1.54) is 6.07 Å². The van der Waals surface area contributed by atoms with Crippen molar-refractivity contribution >= 4 is 16.9 Å². The fourth-order valence-electron chi connectivity index (χ4n) is 1.53. The number of nitrogens with zero attached hydrogens (tertiary/aromatic N) is 1. The molecule has 4 heteroatoms. The average Bonchev–Trinajstić information content (AvgIpc) is 2.28. The third-order valence-electron chi connectivity index (χ3n) is 2.51. The van der Waals surface area contributed by atoms with Crippen LogP contribution in [-0.4, -0.2) is 17.0 Å². The van der Waals surface area contributed by atoms with E-state index in [4.69, 9.17) is 0 Å². The van der Waals surface area contributed by atoms with Crippen LogP contribution in [0.5, 0.6) is 0 Å². The number of amidine groups is 1. The maximum atomic E-state index is 13.3. The zero-order chi connectivity index (χ0) is 11.4. The van der Waals surface area contributed by atoms with Crippen molar-refractivity contribution in [3.8, 4) is 0 Å². The highest BCUT2D eigenvalue weighted by atomic mass is 32.2. The van der Waals surface area contributed by atoms with Gasteiger partial charge in [-0.3, -0.25) is 4.99 Å². The highest BCUT2D eigenvalue weighted by Gasteiger charge is 2.12. The van der Waals surface area contributed by atoms with E-state index in [1.807, 2.05) is 6.07 Å². The molecular formula is C12H15FN2S. The Morgan fingerprint density at radius 1 is 1.50 bits per heavy atom. The van der Waals surface area contributed by atoms with Gasteiger partial charge in [0, 0.05) is 17.4 Å². The molecule has 0 amide bonds. The lowest BCUT2D eigenvalue weighted by atomic mass is 10.2. The van der Waals surface area contributed by atoms with E-state index in [-0.39, 0.29) is 5.82 Å². The molecule has 0 aromatic heterocycles. The van der Waals surface area contributed by atoms with Crippen LogP contribution in [-0.2, 0) is 6.54 Å². The van der Waals surface area contributed by atoms with Crippen molar-refractivity contribution in [1.82, 2.24) is 5.32 Å². The second-order valence-corrected chi connectivity index (χ2v) is 4.98. The van der Waals surface area contributed by atoms with Gasteiger partial charge in [0.2, 0.25) is 0 Å². The van der Waals surface area contributed by atoms with E-state index in [0.717, 1.165) is 17.3 Å². The number of nitrogens with one attached hydrogen (secondary N) is 1. The largest absolute Gasteiger partial charge is 0.362 e. The highest BCUT2D eigenvalue weighted by Crippen LogP contribution is 2.15. The van der Waals surface area contributed by atoms with Crippen LogP contribution in [0.15, 0.2) is 29.3 Å². The van der Waals surface area contributed by atoms with Crippen LogP contribution in [0.4, 0.5) is 4.39 Å². The summed E-state index contributed by atoms with van der Waals surface area (Å²) >= 11 is 1.71. The molecule has 2 rings (SSSR count). The number of aliphatic imine (C=N–C) groups is 1. The minimum absolute atomic E-state index is 0.180. The molecule has 1 aliphatic rings. The Bertz CT molecular complexity index is 392. The van der Waals surface area contributed by atoms with Crippen LogP contribution in [0.1, 0.15) is 18.9 Å². The predicted molar refractivity (Wildman–Crippen MR) is 67.2 cm³/mol. The molecular weight excluding hydrogens is 223 g/mol. The first kappa shape index (κ1) is 11.5. The van der Waals surface area contributed by atoms with Gasteiger partial charge in [0.1, 0.15) is 5.82 Å². The number of halogens is 1. The first-order valence-corrected chi connectivity index (χ1v) is 6.41. The Labute approximate surface area is 99.3 Å². The lowest BCUT2D eigenvalue weighted by Gasteiger charge is -2.21. The van der Waals surface area contributed by atoms with Crippen molar-refractivity contribution in [3.05, 3.63) is 35.6 Å². The average molecular weight is 238 g/mol. The summed E-state index contributed by atoms with van der Waals surface area (Å²) in [6, 6.07) is 7.25. The standard InChI is InChI=1S/C12H15FN2S/c1-9-6-7-16-12(15-9)14-8-10-4-2-3-5-11(10)13/h2-5,9H,6-8H2,1H3,(H,14,15). The molecule has 1 N–H and O–H groups in total. The lowest BCUT2D eigenvalue weighted by molar-refractivity contribution is 0.609. The lowest BCUT2D eigenvalue weighted by Crippen LogP contribution is -2.35. The van der Waals surface area contributed by atoms with E-state index in [0.29, 0.717) is 18.2 Å². The van der Waals surface area contributed by atoms with Crippen molar-refractivity contribution in [3.63, 3.8) is 0 Å². The first-order valence-electron chi connectivity index (χ1n) is 5.43. The Hall–Kier alpha value is -1.03. The summed E-state index contributed by atoms with van der Waals surface area (Å²) in [5.74, 6) is 0.908. The number of thioether (sulfide) groups is 1. The maximum Gasteiger partial charge on any atom is 0.157 e. The number of hydrogen-bond acceptors (Lipinski definition) is 2. The molecule has 1 heterocycles. The van der Waals surface area contributed by atoms with E-state index >= 15 is 0 Å². The van der Waals surface area contributed by atoms with Gasteiger partial charge in [0.15, 0.2) is 5.17 Å². The molecule has 1 unspecified atom stereocenters. The number of benzene rings is 1. The summed E-state index contributed by atoms with van der Waals surface area (Å²) in [5, 5.41) is 4.23. The van der Waals surface area contributed by atoms with Crippen molar-refractivity contribution in [2.24, 2.45) is 4.99 Å². The zero-order valence-electron chi connectivity index (χ0n) is 9.24. The van der Waals surface area contributed by atoms with E-state index in [2.05, 4.69) is 17.2 Å². The van der Waals surface area contributed by atoms with Crippen LogP contribution in [0.3, 0.4) is 0 Å². The summed E-state index contributed by atoms with van der Waals surface area (Å²) in [6.45, 7) is 2.55. The number of hydrogen-bond donors (Lipinski definition) is 1. The van der Waals surface area contributed by atoms with Gasteiger partial charge in [0.25, 0.3) is 0 Å². The minimum Gasteiger partial charge on any atom is -0.362 e. The Kier molecular flexibility index (Phi) is 3.83. The van der Waals surface area contributed by atoms with Gasteiger partial charge in [-0.15, -0.1) is 0 Å². The third kappa shape index (κ3) is 2.98. The van der Waals surface area contributed by atoms with Gasteiger partial charge in [-0.2, -0.15) is 0 Å². The summed E-state index contributed by atoms with van der Waals surface area (Å²) in [4.78, 5) is 4.39. The summed E-state index contributed by atoms with van der Waals surface area (Å²) < 4.78 is 13.3. The molecule has 0 spiro atoms. The van der Waals surface area contributed by atoms with E-state index in [1.54, 1.807) is 23.9 Å². The Morgan fingerprint density at radius 2 is 2.31 bits per heavy atom. The van der Waals surface area contributed by atoms with Gasteiger partial charge < -0.3 is 5.32 Å². The SMILES string of the molecule is CC1CCSC(=NCc2ccccc2F)N1. The molecule has 1 aromatic rings. The van der Waals surface area contributed by atoms with Crippen molar-refractivity contribution < 1.29 is 4.39 Å². The van der Waals surface area contributed by atoms with Gasteiger partial charge in [0.05, 0.1) is 6.54 Å². The maximum absolute atomic E-state index is 13.3. The summed E-state index contributed by atoms with van der Waals surface area (Å²) in [6.07, 6.45) is 1.16. The molecule has 1 fully saturated rings. The second-order valence-electron chi connectivity index (χ2n) is 3.90. The quantitative estimate of drug-likeness (QED) is 0.856. The second kappa shape index (κ2) is 5.34. The Morgan fingerprint density at radius 3 is 3.06 bits per heavy atom. The highest BCUT2D eigenvalue weighted by molar-refractivity contribution is 8.13. The fourth-order valence-corrected chi connectivity index (χ4v) is 2.64. The van der Waals surface area contributed by atoms with Gasteiger partial charge in [-0.05, 0) is 19.4 Å². The van der Waals surface area contributed by atoms with Crippen LogP contribution >= 0.6 is 11.8 Å². The molecule has 16 heavy (non-hydrogen) atoms. The van der Waals surface area contributed by atoms with Gasteiger partial charge >= 0.3 is 0 Å². The molecule has 1 atom stereocenters. The summed E-state index contributed by atoms with van der Waals surface area (Å²) in [5.41, 5.74) is 0.649. The first-order chi connectivity index (χ1) is 7.75. The van der Waals surface area contributed by atoms with Crippen molar-refractivity contribution in [2.45, 2.75) is 25.9 Å². The fraction of sp³-hybridized carbons (Fsp3) is 0.417. The van der Waals surface area contributed by atoms with E-state index < -0.39 is 0 Å². The molecule has 0 bridgehead atoms. The molecule has 1 saturated heterocycles.